The van der Waals surface area contributed by atoms with Gasteiger partial charge >= 0.3 is 0 Å². The Bertz CT molecular complexity index is 260. The molecule has 1 rings (SSSR count). The first-order chi connectivity index (χ1) is 5.75. The van der Waals surface area contributed by atoms with Crippen LogP contribution in [-0.4, -0.2) is 10.3 Å². The van der Waals surface area contributed by atoms with Crippen LogP contribution in [0.2, 0.25) is 0 Å². The Morgan fingerprint density at radius 2 is 2.00 bits per heavy atom. The molecular weight excluding hydrogens is 265 g/mol. The van der Waals surface area contributed by atoms with Crippen molar-refractivity contribution in [2.24, 2.45) is 5.73 Å². The molecule has 2 nitrogen and oxygen atoms in total. The van der Waals surface area contributed by atoms with Gasteiger partial charge in [-0.15, -0.1) is 0 Å². The predicted molar refractivity (Wildman–Crippen MR) is 57.3 cm³/mol. The van der Waals surface area contributed by atoms with Crippen LogP contribution in [0.4, 0.5) is 0 Å². The van der Waals surface area contributed by atoms with E-state index >= 15 is 0 Å². The molecule has 0 saturated carbocycles. The van der Waals surface area contributed by atoms with Crippen LogP contribution < -0.4 is 5.73 Å². The summed E-state index contributed by atoms with van der Waals surface area (Å²) in [5.41, 5.74) is 6.48. The van der Waals surface area contributed by atoms with Crippen LogP contribution in [0.1, 0.15) is 11.5 Å². The van der Waals surface area contributed by atoms with Gasteiger partial charge in [-0.25, -0.2) is 0 Å². The van der Waals surface area contributed by atoms with Crippen molar-refractivity contribution in [3.05, 3.63) is 35.9 Å². The van der Waals surface area contributed by atoms with Gasteiger partial charge in [-0.1, -0.05) is 30.3 Å². The summed E-state index contributed by atoms with van der Waals surface area (Å²) in [6, 6.07) is 9.60. The molecule has 1 aromatic rings. The quantitative estimate of drug-likeness (QED) is 0.674. The van der Waals surface area contributed by atoms with Gasteiger partial charge in [0.25, 0.3) is 0 Å². The largest absolute Gasteiger partial charge is 0.329 e. The van der Waals surface area contributed by atoms with Gasteiger partial charge in [-0.2, -0.15) is 0 Å². The second kappa shape index (κ2) is 4.57. The van der Waals surface area contributed by atoms with E-state index in [-0.39, 0.29) is 9.71 Å². The van der Waals surface area contributed by atoms with Gasteiger partial charge in [0.15, 0.2) is 0 Å². The van der Waals surface area contributed by atoms with E-state index in [1.807, 2.05) is 30.3 Å². The SMILES string of the molecule is NCC(C(=O)I)c1ccccc1. The zero-order chi connectivity index (χ0) is 8.97. The molecule has 1 atom stereocenters. The maximum Gasteiger partial charge on any atom is 0.201 e. The highest BCUT2D eigenvalue weighted by atomic mass is 127. The maximum absolute atomic E-state index is 11.1. The summed E-state index contributed by atoms with van der Waals surface area (Å²) >= 11 is 1.79. The van der Waals surface area contributed by atoms with Crippen molar-refractivity contribution in [3.8, 4) is 0 Å². The van der Waals surface area contributed by atoms with Crippen LogP contribution in [0.3, 0.4) is 0 Å². The number of rotatable bonds is 3. The molecule has 0 heterocycles. The lowest BCUT2D eigenvalue weighted by molar-refractivity contribution is -0.110. The predicted octanol–water partition coefficient (Wildman–Crippen LogP) is 1.69. The third kappa shape index (κ3) is 2.28. The number of hydrogen-bond acceptors (Lipinski definition) is 2. The first-order valence-corrected chi connectivity index (χ1v) is 4.78. The fourth-order valence-corrected chi connectivity index (χ4v) is 1.66. The molecule has 1 aromatic carbocycles. The number of nitrogens with two attached hydrogens (primary N) is 1. The molecule has 0 aromatic heterocycles. The maximum atomic E-state index is 11.1. The van der Waals surface area contributed by atoms with Crippen LogP contribution in [0.25, 0.3) is 0 Å². The van der Waals surface area contributed by atoms with Gasteiger partial charge in [0.2, 0.25) is 3.79 Å². The van der Waals surface area contributed by atoms with Gasteiger partial charge in [0.05, 0.1) is 5.92 Å². The average molecular weight is 275 g/mol. The molecule has 0 amide bonds. The van der Waals surface area contributed by atoms with Crippen molar-refractivity contribution >= 4 is 26.4 Å². The second-order valence-corrected chi connectivity index (χ2v) is 3.57. The van der Waals surface area contributed by atoms with Gasteiger partial charge < -0.3 is 5.73 Å². The van der Waals surface area contributed by atoms with Crippen LogP contribution in [0, 0.1) is 0 Å². The third-order valence-electron chi connectivity index (χ3n) is 1.71. The summed E-state index contributed by atoms with van der Waals surface area (Å²) in [5, 5.41) is 0. The Kier molecular flexibility index (Phi) is 3.68. The van der Waals surface area contributed by atoms with E-state index in [9.17, 15) is 4.79 Å². The van der Waals surface area contributed by atoms with Crippen molar-refractivity contribution in [2.75, 3.05) is 6.54 Å². The minimum absolute atomic E-state index is 0.0984. The summed E-state index contributed by atoms with van der Waals surface area (Å²) in [4.78, 5) is 11.1. The van der Waals surface area contributed by atoms with Crippen LogP contribution in [0.5, 0.6) is 0 Å². The van der Waals surface area contributed by atoms with Gasteiger partial charge in [-0.3, -0.25) is 4.79 Å². The number of carbonyl (C=O) groups is 1. The average Bonchev–Trinajstić information content (AvgIpc) is 2.07. The van der Waals surface area contributed by atoms with E-state index in [0.29, 0.717) is 6.54 Å². The summed E-state index contributed by atoms with van der Waals surface area (Å²) in [6.45, 7) is 0.381. The normalized spacial score (nSPS) is 12.5. The molecule has 0 saturated heterocycles. The van der Waals surface area contributed by atoms with Gasteiger partial charge in [0.1, 0.15) is 0 Å². The molecule has 0 fully saturated rings. The number of hydrogen-bond donors (Lipinski definition) is 1. The van der Waals surface area contributed by atoms with E-state index < -0.39 is 0 Å². The van der Waals surface area contributed by atoms with Crippen molar-refractivity contribution in [1.29, 1.82) is 0 Å². The highest BCUT2D eigenvalue weighted by Crippen LogP contribution is 2.17. The molecular formula is C9H10INO. The van der Waals surface area contributed by atoms with Crippen molar-refractivity contribution < 1.29 is 4.79 Å². The third-order valence-corrected chi connectivity index (χ3v) is 2.46. The van der Waals surface area contributed by atoms with Crippen molar-refractivity contribution in [3.63, 3.8) is 0 Å². The summed E-state index contributed by atoms with van der Waals surface area (Å²) in [6.07, 6.45) is 0. The summed E-state index contributed by atoms with van der Waals surface area (Å²) in [7, 11) is 0. The van der Waals surface area contributed by atoms with E-state index in [2.05, 4.69) is 0 Å². The Morgan fingerprint density at radius 3 is 2.42 bits per heavy atom. The Balaban J connectivity index is 2.88. The topological polar surface area (TPSA) is 43.1 Å². The minimum atomic E-state index is -0.146. The molecule has 1 unspecified atom stereocenters. The highest BCUT2D eigenvalue weighted by Gasteiger charge is 2.14. The zero-order valence-electron chi connectivity index (χ0n) is 6.53. The van der Waals surface area contributed by atoms with Crippen molar-refractivity contribution in [1.82, 2.24) is 0 Å². The molecule has 0 radical (unpaired) electrons. The van der Waals surface area contributed by atoms with Crippen LogP contribution in [-0.2, 0) is 4.79 Å². The molecule has 0 aliphatic rings. The van der Waals surface area contributed by atoms with Gasteiger partial charge in [0, 0.05) is 29.1 Å². The molecule has 0 spiro atoms. The minimum Gasteiger partial charge on any atom is -0.329 e. The van der Waals surface area contributed by atoms with E-state index in [1.165, 1.54) is 0 Å². The first kappa shape index (κ1) is 9.67. The molecule has 2 N–H and O–H groups in total. The molecule has 0 bridgehead atoms. The summed E-state index contributed by atoms with van der Waals surface area (Å²) < 4.78 is 0.0984. The molecule has 3 heteroatoms. The lowest BCUT2D eigenvalue weighted by Crippen LogP contribution is -2.17. The molecule has 64 valence electrons. The number of halogens is 1. The fourth-order valence-electron chi connectivity index (χ4n) is 1.05. The fraction of sp³-hybridized carbons (Fsp3) is 0.222. The number of carbonyl (C=O) groups excluding carboxylic acids is 1. The monoisotopic (exact) mass is 275 g/mol. The smallest absolute Gasteiger partial charge is 0.201 e. The highest BCUT2D eigenvalue weighted by molar-refractivity contribution is 14.1. The standard InChI is InChI=1S/C9H10INO/c10-9(12)8(6-11)7-4-2-1-3-5-7/h1-5,8H,6,11H2. The zero-order valence-corrected chi connectivity index (χ0v) is 8.69. The van der Waals surface area contributed by atoms with E-state index in [0.717, 1.165) is 5.56 Å². The van der Waals surface area contributed by atoms with E-state index in [4.69, 9.17) is 5.73 Å². The Hall–Kier alpha value is -0.420. The number of benzene rings is 1. The lowest BCUT2D eigenvalue weighted by Gasteiger charge is -2.09. The van der Waals surface area contributed by atoms with Gasteiger partial charge in [-0.05, 0) is 5.56 Å². The lowest BCUT2D eigenvalue weighted by atomic mass is 10.0. The first-order valence-electron chi connectivity index (χ1n) is 3.70. The van der Waals surface area contributed by atoms with E-state index in [1.54, 1.807) is 22.6 Å². The molecule has 0 aliphatic heterocycles. The van der Waals surface area contributed by atoms with Crippen molar-refractivity contribution in [2.45, 2.75) is 5.92 Å². The molecule has 12 heavy (non-hydrogen) atoms. The molecule has 0 aliphatic carbocycles. The Labute approximate surface area is 85.3 Å². The van der Waals surface area contributed by atoms with Crippen LogP contribution in [0.15, 0.2) is 30.3 Å². The van der Waals surface area contributed by atoms with Crippen LogP contribution >= 0.6 is 22.6 Å². The Morgan fingerprint density at radius 1 is 1.42 bits per heavy atom. The summed E-state index contributed by atoms with van der Waals surface area (Å²) in [5.74, 6) is -0.146. The second-order valence-electron chi connectivity index (χ2n) is 2.50.